The molecule has 0 radical (unpaired) electrons. The molecule has 0 aliphatic carbocycles. The zero-order chi connectivity index (χ0) is 29.5. The van der Waals surface area contributed by atoms with Gasteiger partial charge in [0.1, 0.15) is 20.2 Å². The van der Waals surface area contributed by atoms with Crippen LogP contribution in [0, 0.1) is 0 Å². The summed E-state index contributed by atoms with van der Waals surface area (Å²) in [5.74, 6) is 0. The average molecular weight is 623 g/mol. The summed E-state index contributed by atoms with van der Waals surface area (Å²) in [6, 6.07) is 17.7. The van der Waals surface area contributed by atoms with E-state index in [4.69, 9.17) is 0 Å². The van der Waals surface area contributed by atoms with Crippen molar-refractivity contribution in [2.75, 3.05) is 0 Å². The third-order valence-electron chi connectivity index (χ3n) is 6.83. The molecule has 0 saturated carbocycles. The van der Waals surface area contributed by atoms with Crippen LogP contribution in [0.1, 0.15) is 75.6 Å². The molecule has 6 nitrogen and oxygen atoms in total. The SMILES string of the molecule is CCCc1cc(CCC)c2ccc(S(=O)(=O)[O-])cc2c1.CCCc1cc(CCC)c2ccc(S(=O)(=O)[O-])cc2c1.[Ca+2]. The van der Waals surface area contributed by atoms with Crippen molar-refractivity contribution in [3.05, 3.63) is 82.9 Å². The van der Waals surface area contributed by atoms with Gasteiger partial charge in [-0.15, -0.1) is 0 Å². The van der Waals surface area contributed by atoms with Gasteiger partial charge in [-0.25, -0.2) is 16.8 Å². The van der Waals surface area contributed by atoms with Crippen LogP contribution in [-0.4, -0.2) is 63.7 Å². The zero-order valence-corrected chi connectivity index (χ0v) is 28.2. The first-order valence-electron chi connectivity index (χ1n) is 13.9. The predicted molar refractivity (Wildman–Crippen MR) is 166 cm³/mol. The second-order valence-corrected chi connectivity index (χ2v) is 12.9. The Morgan fingerprint density at radius 3 is 1.15 bits per heavy atom. The minimum atomic E-state index is -4.39. The summed E-state index contributed by atoms with van der Waals surface area (Å²) in [6.45, 7) is 8.47. The van der Waals surface area contributed by atoms with E-state index in [-0.39, 0.29) is 47.5 Å². The van der Waals surface area contributed by atoms with E-state index in [1.165, 1.54) is 46.5 Å². The van der Waals surface area contributed by atoms with Gasteiger partial charge in [-0.3, -0.25) is 0 Å². The summed E-state index contributed by atoms with van der Waals surface area (Å²) >= 11 is 0. The maximum Gasteiger partial charge on any atom is 2.00 e. The van der Waals surface area contributed by atoms with Crippen molar-refractivity contribution in [1.29, 1.82) is 0 Å². The van der Waals surface area contributed by atoms with Crippen molar-refractivity contribution in [3.8, 4) is 0 Å². The molecule has 0 aliphatic rings. The van der Waals surface area contributed by atoms with Crippen LogP contribution >= 0.6 is 0 Å². The summed E-state index contributed by atoms with van der Waals surface area (Å²) < 4.78 is 66.9. The Balaban J connectivity index is 0.000000280. The van der Waals surface area contributed by atoms with Gasteiger partial charge in [0.05, 0.1) is 9.79 Å². The fourth-order valence-corrected chi connectivity index (χ4v) is 6.13. The van der Waals surface area contributed by atoms with Crippen molar-refractivity contribution >= 4 is 79.5 Å². The molecule has 0 atom stereocenters. The standard InChI is InChI=1S/2C16H20O3S.Ca/c2*1-3-5-12-9-13(6-4-2)16-8-7-15(20(17,18)19)11-14(16)10-12;/h2*7-11H,3-6H2,1-2H3,(H,17,18,19);/q;;+2/p-2. The molecule has 4 aromatic rings. The topological polar surface area (TPSA) is 114 Å². The average Bonchev–Trinajstić information content (AvgIpc) is 2.88. The molecule has 0 heterocycles. The minimum Gasteiger partial charge on any atom is -0.744 e. The van der Waals surface area contributed by atoms with Crippen LogP contribution in [0.3, 0.4) is 0 Å². The maximum absolute atomic E-state index is 11.1. The molecule has 0 N–H and O–H groups in total. The number of fused-ring (bicyclic) bond motifs is 2. The molecule has 216 valence electrons. The Hall–Kier alpha value is -1.52. The first-order chi connectivity index (χ1) is 18.9. The fourth-order valence-electron chi connectivity index (χ4n) is 5.12. The van der Waals surface area contributed by atoms with E-state index in [1.54, 1.807) is 12.1 Å². The van der Waals surface area contributed by atoms with Crippen LogP contribution in [0.4, 0.5) is 0 Å². The van der Waals surface area contributed by atoms with Crippen molar-refractivity contribution < 1.29 is 25.9 Å². The Labute approximate surface area is 275 Å². The van der Waals surface area contributed by atoms with Gasteiger partial charge < -0.3 is 9.11 Å². The van der Waals surface area contributed by atoms with Crippen molar-refractivity contribution in [1.82, 2.24) is 0 Å². The van der Waals surface area contributed by atoms with E-state index in [0.29, 0.717) is 0 Å². The summed E-state index contributed by atoms with van der Waals surface area (Å²) in [4.78, 5) is -0.304. The molecule has 0 bridgehead atoms. The van der Waals surface area contributed by atoms with E-state index >= 15 is 0 Å². The molecule has 0 aliphatic heterocycles. The number of hydrogen-bond acceptors (Lipinski definition) is 6. The van der Waals surface area contributed by atoms with Crippen LogP contribution in [0.2, 0.25) is 0 Å². The van der Waals surface area contributed by atoms with Gasteiger partial charge >= 0.3 is 37.7 Å². The molecule has 4 aromatic carbocycles. The molecule has 4 rings (SSSR count). The molecule has 0 amide bonds. The number of hydrogen-bond donors (Lipinski definition) is 0. The quantitative estimate of drug-likeness (QED) is 0.140. The van der Waals surface area contributed by atoms with Crippen LogP contribution in [0.5, 0.6) is 0 Å². The Bertz CT molecular complexity index is 1570. The van der Waals surface area contributed by atoms with Crippen molar-refractivity contribution in [3.63, 3.8) is 0 Å². The predicted octanol–water partition coefficient (Wildman–Crippen LogP) is 6.92. The first-order valence-corrected chi connectivity index (χ1v) is 16.8. The third-order valence-corrected chi connectivity index (χ3v) is 8.49. The normalized spacial score (nSPS) is 11.7. The second-order valence-electron chi connectivity index (χ2n) is 10.2. The van der Waals surface area contributed by atoms with Gasteiger partial charge in [-0.2, -0.15) is 0 Å². The number of aryl methyl sites for hydroxylation is 4. The van der Waals surface area contributed by atoms with Gasteiger partial charge in [-0.05, 0) is 93.7 Å². The largest absolute Gasteiger partial charge is 2.00 e. The van der Waals surface area contributed by atoms with Gasteiger partial charge in [-0.1, -0.05) is 89.8 Å². The van der Waals surface area contributed by atoms with E-state index in [1.807, 2.05) is 12.1 Å². The first kappa shape index (κ1) is 35.7. The van der Waals surface area contributed by atoms with E-state index in [9.17, 15) is 25.9 Å². The summed E-state index contributed by atoms with van der Waals surface area (Å²) in [5.41, 5.74) is 4.85. The smallest absolute Gasteiger partial charge is 0.744 e. The molecule has 9 heteroatoms. The molecule has 0 spiro atoms. The van der Waals surface area contributed by atoms with Crippen molar-refractivity contribution in [2.45, 2.75) is 88.9 Å². The van der Waals surface area contributed by atoms with E-state index in [0.717, 1.165) is 72.9 Å². The van der Waals surface area contributed by atoms with Gasteiger partial charge in [0, 0.05) is 0 Å². The second kappa shape index (κ2) is 15.8. The molecule has 0 fully saturated rings. The molecular weight excluding hydrogens is 585 g/mol. The third kappa shape index (κ3) is 9.75. The van der Waals surface area contributed by atoms with Gasteiger partial charge in [0.2, 0.25) is 0 Å². The monoisotopic (exact) mass is 622 g/mol. The maximum atomic E-state index is 11.1. The van der Waals surface area contributed by atoms with Crippen LogP contribution in [0.15, 0.2) is 70.5 Å². The van der Waals surface area contributed by atoms with Crippen LogP contribution in [-0.2, 0) is 45.9 Å². The molecule has 0 saturated heterocycles. The summed E-state index contributed by atoms with van der Waals surface area (Å²) in [7, 11) is -8.79. The van der Waals surface area contributed by atoms with E-state index in [2.05, 4.69) is 39.8 Å². The van der Waals surface area contributed by atoms with Gasteiger partial charge in [0.25, 0.3) is 0 Å². The molecule has 41 heavy (non-hydrogen) atoms. The summed E-state index contributed by atoms with van der Waals surface area (Å²) in [6.07, 6.45) is 7.98. The Morgan fingerprint density at radius 1 is 0.512 bits per heavy atom. The fraction of sp³-hybridized carbons (Fsp3) is 0.375. The Morgan fingerprint density at radius 2 is 0.854 bits per heavy atom. The molecule has 0 unspecified atom stereocenters. The van der Waals surface area contributed by atoms with Crippen LogP contribution < -0.4 is 0 Å². The molecule has 0 aromatic heterocycles. The number of rotatable bonds is 10. The zero-order valence-electron chi connectivity index (χ0n) is 24.4. The van der Waals surface area contributed by atoms with Crippen molar-refractivity contribution in [2.24, 2.45) is 0 Å². The summed E-state index contributed by atoms with van der Waals surface area (Å²) in [5, 5.41) is 3.77. The van der Waals surface area contributed by atoms with E-state index < -0.39 is 20.2 Å². The van der Waals surface area contributed by atoms with Crippen LogP contribution in [0.25, 0.3) is 21.5 Å². The minimum absolute atomic E-state index is 0. The number of benzene rings is 4. The van der Waals surface area contributed by atoms with Gasteiger partial charge in [0.15, 0.2) is 0 Å². The molecular formula is C32H38CaO6S2. The Kier molecular flexibility index (Phi) is 13.8.